The summed E-state index contributed by atoms with van der Waals surface area (Å²) in [7, 11) is 0. The van der Waals surface area contributed by atoms with Crippen molar-refractivity contribution in [3.05, 3.63) is 34.9 Å². The highest BCUT2D eigenvalue weighted by molar-refractivity contribution is 5.28. The molecule has 1 atom stereocenters. The number of benzene rings is 1. The monoisotopic (exact) mass is 269 g/mol. The molecular formula is C16H25F2N. The molecule has 1 aromatic rings. The molecule has 0 amide bonds. The summed E-state index contributed by atoms with van der Waals surface area (Å²) in [6.07, 6.45) is 5.26. The van der Waals surface area contributed by atoms with Crippen LogP contribution >= 0.6 is 0 Å². The molecule has 1 aromatic carbocycles. The Bertz CT molecular complexity index is 391. The fourth-order valence-corrected chi connectivity index (χ4v) is 2.23. The van der Waals surface area contributed by atoms with Gasteiger partial charge in [-0.15, -0.1) is 0 Å². The molecule has 0 radical (unpaired) electrons. The molecule has 3 heteroatoms. The van der Waals surface area contributed by atoms with Crippen molar-refractivity contribution in [2.24, 2.45) is 0 Å². The van der Waals surface area contributed by atoms with Crippen LogP contribution in [0.1, 0.15) is 63.1 Å². The van der Waals surface area contributed by atoms with E-state index in [1.165, 1.54) is 0 Å². The summed E-state index contributed by atoms with van der Waals surface area (Å²) >= 11 is 0. The Labute approximate surface area is 115 Å². The van der Waals surface area contributed by atoms with Gasteiger partial charge in [0.25, 0.3) is 0 Å². The van der Waals surface area contributed by atoms with E-state index < -0.39 is 11.6 Å². The molecule has 0 aromatic heterocycles. The first-order valence-corrected chi connectivity index (χ1v) is 7.29. The molecule has 0 heterocycles. The van der Waals surface area contributed by atoms with Crippen LogP contribution in [-0.4, -0.2) is 6.54 Å². The van der Waals surface area contributed by atoms with E-state index in [2.05, 4.69) is 19.2 Å². The Hall–Kier alpha value is -0.960. The Morgan fingerprint density at radius 1 is 1.05 bits per heavy atom. The van der Waals surface area contributed by atoms with E-state index in [4.69, 9.17) is 0 Å². The highest BCUT2D eigenvalue weighted by atomic mass is 19.1. The third-order valence-corrected chi connectivity index (χ3v) is 3.39. The molecule has 0 aliphatic carbocycles. The van der Waals surface area contributed by atoms with Crippen LogP contribution in [0.5, 0.6) is 0 Å². The fraction of sp³-hybridized carbons (Fsp3) is 0.625. The van der Waals surface area contributed by atoms with Crippen molar-refractivity contribution in [2.75, 3.05) is 6.54 Å². The largest absolute Gasteiger partial charge is 0.310 e. The van der Waals surface area contributed by atoms with Crippen molar-refractivity contribution < 1.29 is 8.78 Å². The predicted octanol–water partition coefficient (Wildman–Crippen LogP) is 4.89. The molecule has 0 saturated heterocycles. The van der Waals surface area contributed by atoms with Crippen LogP contribution in [0.15, 0.2) is 12.1 Å². The number of hydrogen-bond acceptors (Lipinski definition) is 1. The first-order chi connectivity index (χ1) is 9.10. The quantitative estimate of drug-likeness (QED) is 0.662. The van der Waals surface area contributed by atoms with Gasteiger partial charge in [0.1, 0.15) is 11.6 Å². The number of halogens is 2. The molecule has 108 valence electrons. The van der Waals surface area contributed by atoms with E-state index in [0.717, 1.165) is 44.7 Å². The molecule has 1 N–H and O–H groups in total. The predicted molar refractivity (Wildman–Crippen MR) is 76.3 cm³/mol. The van der Waals surface area contributed by atoms with Gasteiger partial charge in [0.2, 0.25) is 0 Å². The van der Waals surface area contributed by atoms with Crippen LogP contribution in [0.25, 0.3) is 0 Å². The highest BCUT2D eigenvalue weighted by Gasteiger charge is 2.16. The summed E-state index contributed by atoms with van der Waals surface area (Å²) in [5.41, 5.74) is 1.11. The average molecular weight is 269 g/mol. The van der Waals surface area contributed by atoms with E-state index >= 15 is 0 Å². The van der Waals surface area contributed by atoms with Crippen molar-refractivity contribution in [1.82, 2.24) is 5.32 Å². The maximum atomic E-state index is 13.9. The van der Waals surface area contributed by atoms with Crippen LogP contribution in [0.4, 0.5) is 8.78 Å². The van der Waals surface area contributed by atoms with Gasteiger partial charge in [-0.3, -0.25) is 0 Å². The summed E-state index contributed by atoms with van der Waals surface area (Å²) in [6, 6.07) is 2.64. The molecule has 0 aliphatic heterocycles. The van der Waals surface area contributed by atoms with E-state index in [9.17, 15) is 8.78 Å². The molecule has 0 fully saturated rings. The lowest BCUT2D eigenvalue weighted by Crippen LogP contribution is -2.23. The topological polar surface area (TPSA) is 12.0 Å². The third-order valence-electron chi connectivity index (χ3n) is 3.39. The van der Waals surface area contributed by atoms with E-state index in [0.29, 0.717) is 11.1 Å². The molecule has 0 spiro atoms. The first kappa shape index (κ1) is 16.1. The molecule has 1 rings (SSSR count). The van der Waals surface area contributed by atoms with Crippen LogP contribution in [-0.2, 0) is 0 Å². The molecule has 0 aliphatic rings. The number of aryl methyl sites for hydroxylation is 1. The van der Waals surface area contributed by atoms with Crippen LogP contribution < -0.4 is 5.32 Å². The van der Waals surface area contributed by atoms with Gasteiger partial charge in [0.15, 0.2) is 0 Å². The van der Waals surface area contributed by atoms with Gasteiger partial charge in [-0.25, -0.2) is 8.78 Å². The van der Waals surface area contributed by atoms with Crippen LogP contribution in [0.2, 0.25) is 0 Å². The molecular weight excluding hydrogens is 244 g/mol. The smallest absolute Gasteiger partial charge is 0.130 e. The van der Waals surface area contributed by atoms with Gasteiger partial charge in [0.05, 0.1) is 0 Å². The van der Waals surface area contributed by atoms with Gasteiger partial charge >= 0.3 is 0 Å². The second kappa shape index (κ2) is 8.26. The molecule has 0 bridgehead atoms. The number of hydrogen-bond donors (Lipinski definition) is 1. The third kappa shape index (κ3) is 4.90. The van der Waals surface area contributed by atoms with Crippen molar-refractivity contribution in [3.8, 4) is 0 Å². The minimum absolute atomic E-state index is 0.00852. The molecule has 1 unspecified atom stereocenters. The van der Waals surface area contributed by atoms with Crippen molar-refractivity contribution >= 4 is 0 Å². The minimum atomic E-state index is -0.468. The zero-order valence-corrected chi connectivity index (χ0v) is 12.2. The maximum Gasteiger partial charge on any atom is 0.130 e. The molecule has 1 nitrogen and oxygen atoms in total. The second-order valence-electron chi connectivity index (χ2n) is 5.13. The summed E-state index contributed by atoms with van der Waals surface area (Å²) in [5, 5.41) is 3.37. The van der Waals surface area contributed by atoms with Crippen molar-refractivity contribution in [3.63, 3.8) is 0 Å². The fourth-order valence-electron chi connectivity index (χ4n) is 2.23. The van der Waals surface area contributed by atoms with Crippen molar-refractivity contribution in [1.29, 1.82) is 0 Å². The minimum Gasteiger partial charge on any atom is -0.310 e. The van der Waals surface area contributed by atoms with E-state index in [1.54, 1.807) is 13.0 Å². The van der Waals surface area contributed by atoms with Gasteiger partial charge in [-0.1, -0.05) is 33.1 Å². The summed E-state index contributed by atoms with van der Waals surface area (Å²) in [6.45, 7) is 6.77. The summed E-state index contributed by atoms with van der Waals surface area (Å²) in [5.74, 6) is -0.905. The number of unbranched alkanes of at least 4 members (excludes halogenated alkanes) is 2. The second-order valence-corrected chi connectivity index (χ2v) is 5.13. The zero-order chi connectivity index (χ0) is 14.3. The lowest BCUT2D eigenvalue weighted by atomic mass is 9.98. The highest BCUT2D eigenvalue weighted by Crippen LogP contribution is 2.25. The van der Waals surface area contributed by atoms with Gasteiger partial charge in [0, 0.05) is 17.7 Å². The lowest BCUT2D eigenvalue weighted by Gasteiger charge is -2.20. The first-order valence-electron chi connectivity index (χ1n) is 7.29. The Kier molecular flexibility index (Phi) is 7.00. The maximum absolute atomic E-state index is 13.9. The standard InChI is InChI=1S/C16H25F2N/c1-4-6-7-8-16(19-9-5-2)13-10-12(3)14(17)11-15(13)18/h10-11,16,19H,4-9H2,1-3H3. The lowest BCUT2D eigenvalue weighted by molar-refractivity contribution is 0.451. The molecule has 19 heavy (non-hydrogen) atoms. The number of rotatable bonds is 8. The van der Waals surface area contributed by atoms with Crippen molar-refractivity contribution in [2.45, 2.75) is 58.9 Å². The normalized spacial score (nSPS) is 12.7. The number of nitrogens with one attached hydrogen (secondary N) is 1. The Morgan fingerprint density at radius 3 is 2.42 bits per heavy atom. The van der Waals surface area contributed by atoms with E-state index in [-0.39, 0.29) is 6.04 Å². The Balaban J connectivity index is 2.85. The SMILES string of the molecule is CCCCCC(NCCC)c1cc(C)c(F)cc1F. The summed E-state index contributed by atoms with van der Waals surface area (Å²) < 4.78 is 27.3. The van der Waals surface area contributed by atoms with Gasteiger partial charge < -0.3 is 5.32 Å². The van der Waals surface area contributed by atoms with Crippen LogP contribution in [0.3, 0.4) is 0 Å². The van der Waals surface area contributed by atoms with Gasteiger partial charge in [-0.2, -0.15) is 0 Å². The Morgan fingerprint density at radius 2 is 1.79 bits per heavy atom. The molecule has 0 saturated carbocycles. The summed E-state index contributed by atoms with van der Waals surface area (Å²) in [4.78, 5) is 0. The average Bonchev–Trinajstić information content (AvgIpc) is 2.38. The van der Waals surface area contributed by atoms with Gasteiger partial charge in [-0.05, 0) is 37.9 Å². The van der Waals surface area contributed by atoms with Crippen LogP contribution in [0, 0.1) is 18.6 Å². The zero-order valence-electron chi connectivity index (χ0n) is 12.2. The van der Waals surface area contributed by atoms with E-state index in [1.807, 2.05) is 0 Å².